The number of carboxylic acid groups (broad SMARTS) is 1. The van der Waals surface area contributed by atoms with Gasteiger partial charge in [-0.1, -0.05) is 31.5 Å². The van der Waals surface area contributed by atoms with Gasteiger partial charge in [0.2, 0.25) is 0 Å². The van der Waals surface area contributed by atoms with Crippen LogP contribution in [0.15, 0.2) is 54.7 Å². The number of nitrogens with zero attached hydrogens (tertiary/aromatic N) is 3. The standard InChI is InChI=1S/C25H28N4O2S/c1-4-5-14-28-23(22(27-25(28)32)20-11-8-9-13-26-20)19-15-16(2)29(17(19)3)21-12-7-6-10-18(21)24(30)31/h6-13,15,22-23H,4-5,14H2,1-3H3,(H,27,32)(H,30,31)/t22-,23+/m0/s1. The molecule has 0 radical (unpaired) electrons. The molecule has 166 valence electrons. The van der Waals surface area contributed by atoms with E-state index in [9.17, 15) is 9.90 Å². The van der Waals surface area contributed by atoms with Crippen LogP contribution in [0.25, 0.3) is 5.69 Å². The van der Waals surface area contributed by atoms with Gasteiger partial charge in [-0.25, -0.2) is 4.79 Å². The van der Waals surface area contributed by atoms with E-state index < -0.39 is 5.97 Å². The molecule has 1 fully saturated rings. The summed E-state index contributed by atoms with van der Waals surface area (Å²) in [7, 11) is 0. The number of nitrogens with one attached hydrogen (secondary N) is 1. The normalized spacial score (nSPS) is 18.1. The van der Waals surface area contributed by atoms with E-state index in [1.54, 1.807) is 18.3 Å². The molecule has 3 aromatic rings. The van der Waals surface area contributed by atoms with Crippen LogP contribution < -0.4 is 5.32 Å². The molecule has 0 bridgehead atoms. The van der Waals surface area contributed by atoms with Crippen LogP contribution in [-0.4, -0.2) is 37.2 Å². The minimum absolute atomic E-state index is 0.0270. The highest BCUT2D eigenvalue weighted by molar-refractivity contribution is 7.80. The fourth-order valence-corrected chi connectivity index (χ4v) is 4.95. The lowest BCUT2D eigenvalue weighted by atomic mass is 9.96. The summed E-state index contributed by atoms with van der Waals surface area (Å²) in [5.41, 5.74) is 5.01. The number of para-hydroxylation sites is 1. The second kappa shape index (κ2) is 9.12. The maximum absolute atomic E-state index is 11.9. The van der Waals surface area contributed by atoms with E-state index in [2.05, 4.69) is 35.1 Å². The number of carboxylic acids is 1. The van der Waals surface area contributed by atoms with E-state index in [1.165, 1.54) is 0 Å². The third-order valence-electron chi connectivity index (χ3n) is 6.11. The Hall–Kier alpha value is -3.19. The van der Waals surface area contributed by atoms with Gasteiger partial charge >= 0.3 is 5.97 Å². The molecule has 0 amide bonds. The molecular weight excluding hydrogens is 420 g/mol. The summed E-state index contributed by atoms with van der Waals surface area (Å²) in [5.74, 6) is -0.936. The van der Waals surface area contributed by atoms with Crippen LogP contribution in [0.1, 0.15) is 64.9 Å². The Morgan fingerprint density at radius 2 is 1.94 bits per heavy atom. The van der Waals surface area contributed by atoms with Gasteiger partial charge in [-0.3, -0.25) is 4.98 Å². The molecule has 4 rings (SSSR count). The van der Waals surface area contributed by atoms with Crippen molar-refractivity contribution < 1.29 is 9.90 Å². The first kappa shape index (κ1) is 22.0. The Labute approximate surface area is 193 Å². The molecule has 3 heterocycles. The number of aromatic carboxylic acids is 1. The van der Waals surface area contributed by atoms with Crippen LogP contribution in [0.3, 0.4) is 0 Å². The lowest BCUT2D eigenvalue weighted by molar-refractivity contribution is 0.0697. The van der Waals surface area contributed by atoms with Crippen LogP contribution in [0, 0.1) is 13.8 Å². The second-order valence-electron chi connectivity index (χ2n) is 8.16. The van der Waals surface area contributed by atoms with E-state index >= 15 is 0 Å². The van der Waals surface area contributed by atoms with Gasteiger partial charge in [0, 0.05) is 24.1 Å². The van der Waals surface area contributed by atoms with Gasteiger partial charge in [-0.15, -0.1) is 0 Å². The third-order valence-corrected chi connectivity index (χ3v) is 6.47. The van der Waals surface area contributed by atoms with Crippen molar-refractivity contribution in [3.63, 3.8) is 0 Å². The summed E-state index contributed by atoms with van der Waals surface area (Å²) in [6.45, 7) is 7.09. The molecule has 1 aromatic carbocycles. The molecule has 1 saturated heterocycles. The largest absolute Gasteiger partial charge is 0.478 e. The van der Waals surface area contributed by atoms with Gasteiger partial charge in [0.25, 0.3) is 0 Å². The molecule has 1 aliphatic rings. The van der Waals surface area contributed by atoms with Crippen molar-refractivity contribution in [3.05, 3.63) is 82.9 Å². The number of benzene rings is 1. The van der Waals surface area contributed by atoms with Crippen LogP contribution in [0.2, 0.25) is 0 Å². The molecular formula is C25H28N4O2S. The van der Waals surface area contributed by atoms with Crippen molar-refractivity contribution in [2.75, 3.05) is 6.54 Å². The quantitative estimate of drug-likeness (QED) is 0.498. The van der Waals surface area contributed by atoms with Gasteiger partial charge in [-0.2, -0.15) is 0 Å². The summed E-state index contributed by atoms with van der Waals surface area (Å²) < 4.78 is 2.04. The van der Waals surface area contributed by atoms with Gasteiger partial charge in [-0.05, 0) is 68.4 Å². The predicted molar refractivity (Wildman–Crippen MR) is 129 cm³/mol. The Kier molecular flexibility index (Phi) is 6.28. The highest BCUT2D eigenvalue weighted by atomic mass is 32.1. The molecule has 6 nitrogen and oxygen atoms in total. The molecule has 7 heteroatoms. The summed E-state index contributed by atoms with van der Waals surface area (Å²) >= 11 is 5.74. The number of aromatic nitrogens is 2. The molecule has 0 spiro atoms. The first-order valence-corrected chi connectivity index (χ1v) is 11.3. The first-order chi connectivity index (χ1) is 15.4. The molecule has 32 heavy (non-hydrogen) atoms. The van der Waals surface area contributed by atoms with E-state index in [4.69, 9.17) is 12.2 Å². The Balaban J connectivity index is 1.85. The molecule has 1 aliphatic heterocycles. The topological polar surface area (TPSA) is 70.4 Å². The smallest absolute Gasteiger partial charge is 0.337 e. The van der Waals surface area contributed by atoms with Crippen molar-refractivity contribution in [1.82, 2.24) is 19.8 Å². The number of pyridine rings is 1. The van der Waals surface area contributed by atoms with Crippen LogP contribution in [0.5, 0.6) is 0 Å². The van der Waals surface area contributed by atoms with Crippen molar-refractivity contribution >= 4 is 23.3 Å². The average Bonchev–Trinajstić information content (AvgIpc) is 3.27. The SMILES string of the molecule is CCCCN1C(=S)N[C@@H](c2ccccn2)[C@H]1c1cc(C)n(-c2ccccc2C(=O)O)c1C. The first-order valence-electron chi connectivity index (χ1n) is 10.9. The molecule has 2 N–H and O–H groups in total. The van der Waals surface area contributed by atoms with Crippen LogP contribution in [0.4, 0.5) is 0 Å². The Morgan fingerprint density at radius 1 is 1.19 bits per heavy atom. The zero-order valence-electron chi connectivity index (χ0n) is 18.6. The molecule has 2 atom stereocenters. The summed E-state index contributed by atoms with van der Waals surface area (Å²) in [6.07, 6.45) is 3.91. The monoisotopic (exact) mass is 448 g/mol. The fraction of sp³-hybridized carbons (Fsp3) is 0.320. The zero-order chi connectivity index (χ0) is 22.8. The van der Waals surface area contributed by atoms with Crippen molar-refractivity contribution in [2.45, 2.75) is 45.7 Å². The lowest BCUT2D eigenvalue weighted by Gasteiger charge is -2.28. The number of carbonyl (C=O) groups is 1. The van der Waals surface area contributed by atoms with E-state index in [0.29, 0.717) is 5.69 Å². The van der Waals surface area contributed by atoms with Crippen molar-refractivity contribution in [1.29, 1.82) is 0 Å². The average molecular weight is 449 g/mol. The van der Waals surface area contributed by atoms with Gasteiger partial charge in [0.15, 0.2) is 5.11 Å². The van der Waals surface area contributed by atoms with Gasteiger partial charge in [0.1, 0.15) is 0 Å². The summed E-state index contributed by atoms with van der Waals surface area (Å²) in [6, 6.07) is 15.1. The van der Waals surface area contributed by atoms with Gasteiger partial charge in [0.05, 0.1) is 29.0 Å². The molecule has 0 aliphatic carbocycles. The Morgan fingerprint density at radius 3 is 2.62 bits per heavy atom. The fourth-order valence-electron chi connectivity index (χ4n) is 4.62. The van der Waals surface area contributed by atoms with Crippen molar-refractivity contribution in [2.24, 2.45) is 0 Å². The molecule has 0 unspecified atom stereocenters. The number of rotatable bonds is 7. The minimum atomic E-state index is -0.936. The number of unbranched alkanes of at least 4 members (excludes halogenated alkanes) is 1. The maximum Gasteiger partial charge on any atom is 0.337 e. The number of hydrogen-bond donors (Lipinski definition) is 2. The molecule has 0 saturated carbocycles. The third kappa shape index (κ3) is 3.88. The number of hydrogen-bond acceptors (Lipinski definition) is 3. The number of aryl methyl sites for hydroxylation is 1. The summed E-state index contributed by atoms with van der Waals surface area (Å²) in [5, 5.41) is 14.0. The minimum Gasteiger partial charge on any atom is -0.478 e. The molecule has 2 aromatic heterocycles. The van der Waals surface area contributed by atoms with E-state index in [0.717, 1.165) is 47.1 Å². The number of thiocarbonyl (C=S) groups is 1. The second-order valence-corrected chi connectivity index (χ2v) is 8.54. The Bertz CT molecular complexity index is 1140. The summed E-state index contributed by atoms with van der Waals surface area (Å²) in [4.78, 5) is 18.7. The lowest BCUT2D eigenvalue weighted by Crippen LogP contribution is -2.30. The van der Waals surface area contributed by atoms with Gasteiger partial charge < -0.3 is 19.9 Å². The van der Waals surface area contributed by atoms with Crippen molar-refractivity contribution in [3.8, 4) is 5.69 Å². The van der Waals surface area contributed by atoms with Crippen LogP contribution in [-0.2, 0) is 0 Å². The highest BCUT2D eigenvalue weighted by Gasteiger charge is 2.41. The van der Waals surface area contributed by atoms with E-state index in [-0.39, 0.29) is 17.6 Å². The maximum atomic E-state index is 11.9. The predicted octanol–water partition coefficient (Wildman–Crippen LogP) is 4.96. The van der Waals surface area contributed by atoms with E-state index in [1.807, 2.05) is 41.8 Å². The highest BCUT2D eigenvalue weighted by Crippen LogP contribution is 2.41. The zero-order valence-corrected chi connectivity index (χ0v) is 19.4. The van der Waals surface area contributed by atoms with Crippen LogP contribution >= 0.6 is 12.2 Å².